The van der Waals surface area contributed by atoms with Gasteiger partial charge in [-0.1, -0.05) is 29.3 Å². The fraction of sp³-hybridized carbons (Fsp3) is 0.133. The van der Waals surface area contributed by atoms with E-state index >= 15 is 0 Å². The number of aromatic nitrogens is 1. The van der Waals surface area contributed by atoms with E-state index in [2.05, 4.69) is 10.3 Å². The number of nitrogens with one attached hydrogen (secondary N) is 1. The molecule has 2 N–H and O–H groups in total. The first-order valence-corrected chi connectivity index (χ1v) is 7.11. The van der Waals surface area contributed by atoms with Gasteiger partial charge in [0.15, 0.2) is 0 Å². The Morgan fingerprint density at radius 3 is 2.41 bits per heavy atom. The van der Waals surface area contributed by atoms with Crippen LogP contribution < -0.4 is 5.32 Å². The van der Waals surface area contributed by atoms with Crippen molar-refractivity contribution >= 4 is 35.1 Å². The van der Waals surface area contributed by atoms with Crippen LogP contribution in [0.15, 0.2) is 42.7 Å². The van der Waals surface area contributed by atoms with Crippen LogP contribution in [0, 0.1) is 0 Å². The first kappa shape index (κ1) is 16.3. The van der Waals surface area contributed by atoms with E-state index in [1.54, 1.807) is 30.3 Å². The van der Waals surface area contributed by atoms with Crippen molar-refractivity contribution in [2.45, 2.75) is 12.5 Å². The van der Waals surface area contributed by atoms with Gasteiger partial charge in [0, 0.05) is 28.9 Å². The summed E-state index contributed by atoms with van der Waals surface area (Å²) in [5, 5.41) is 12.4. The zero-order valence-electron chi connectivity index (χ0n) is 11.3. The fourth-order valence-corrected chi connectivity index (χ4v) is 2.42. The lowest BCUT2D eigenvalue weighted by Crippen LogP contribution is -2.42. The first-order chi connectivity index (χ1) is 10.5. The number of carbonyl (C=O) groups is 2. The van der Waals surface area contributed by atoms with Gasteiger partial charge >= 0.3 is 5.97 Å². The molecular formula is C15H12Cl2N2O3. The Hall–Kier alpha value is -2.11. The second kappa shape index (κ2) is 7.24. The summed E-state index contributed by atoms with van der Waals surface area (Å²) in [7, 11) is 0. The SMILES string of the molecule is O=C(N[C@@H](Cc1c(Cl)cccc1Cl)C(=O)O)c1cccnc1. The maximum Gasteiger partial charge on any atom is 0.326 e. The van der Waals surface area contributed by atoms with E-state index in [0.29, 0.717) is 15.6 Å². The second-order valence-corrected chi connectivity index (χ2v) is 5.32. The second-order valence-electron chi connectivity index (χ2n) is 4.51. The van der Waals surface area contributed by atoms with Crippen molar-refractivity contribution in [1.29, 1.82) is 0 Å². The number of hydrogen-bond acceptors (Lipinski definition) is 3. The lowest BCUT2D eigenvalue weighted by Gasteiger charge is -2.16. The van der Waals surface area contributed by atoms with Gasteiger partial charge in [0.05, 0.1) is 5.56 Å². The maximum atomic E-state index is 12.0. The van der Waals surface area contributed by atoms with Crippen LogP contribution >= 0.6 is 23.2 Å². The number of aliphatic carboxylic acids is 1. The monoisotopic (exact) mass is 338 g/mol. The van der Waals surface area contributed by atoms with Crippen molar-refractivity contribution in [2.24, 2.45) is 0 Å². The third-order valence-corrected chi connectivity index (χ3v) is 3.71. The number of hydrogen-bond donors (Lipinski definition) is 2. The van der Waals surface area contributed by atoms with E-state index in [1.165, 1.54) is 12.4 Å². The number of halogens is 2. The molecule has 7 heteroatoms. The van der Waals surface area contributed by atoms with Gasteiger partial charge in [0.2, 0.25) is 0 Å². The number of carboxylic acid groups (broad SMARTS) is 1. The topological polar surface area (TPSA) is 79.3 Å². The summed E-state index contributed by atoms with van der Waals surface area (Å²) in [6, 6.07) is 6.89. The van der Waals surface area contributed by atoms with E-state index < -0.39 is 17.9 Å². The molecule has 0 aliphatic carbocycles. The highest BCUT2D eigenvalue weighted by molar-refractivity contribution is 6.36. The summed E-state index contributed by atoms with van der Waals surface area (Å²) in [6.07, 6.45) is 2.87. The molecule has 0 unspecified atom stereocenters. The Morgan fingerprint density at radius 2 is 1.86 bits per heavy atom. The molecule has 1 aromatic carbocycles. The quantitative estimate of drug-likeness (QED) is 0.878. The summed E-state index contributed by atoms with van der Waals surface area (Å²) < 4.78 is 0. The van der Waals surface area contributed by atoms with Gasteiger partial charge in [-0.25, -0.2) is 4.79 Å². The number of nitrogens with zero attached hydrogens (tertiary/aromatic N) is 1. The van der Waals surface area contributed by atoms with Gasteiger partial charge in [0.25, 0.3) is 5.91 Å². The molecule has 1 atom stereocenters. The van der Waals surface area contributed by atoms with Crippen molar-refractivity contribution in [2.75, 3.05) is 0 Å². The number of rotatable bonds is 5. The molecular weight excluding hydrogens is 327 g/mol. The summed E-state index contributed by atoms with van der Waals surface area (Å²) >= 11 is 12.1. The molecule has 1 amide bonds. The van der Waals surface area contributed by atoms with Crippen LogP contribution in [0.1, 0.15) is 15.9 Å². The molecule has 0 spiro atoms. The number of carboxylic acids is 1. The Kier molecular flexibility index (Phi) is 5.35. The molecule has 2 aromatic rings. The number of amides is 1. The molecule has 0 aliphatic rings. The normalized spacial score (nSPS) is 11.7. The van der Waals surface area contributed by atoms with Crippen LogP contribution in [0.25, 0.3) is 0 Å². The minimum atomic E-state index is -1.17. The largest absolute Gasteiger partial charge is 0.480 e. The van der Waals surface area contributed by atoms with Crippen molar-refractivity contribution in [1.82, 2.24) is 10.3 Å². The highest BCUT2D eigenvalue weighted by atomic mass is 35.5. The van der Waals surface area contributed by atoms with Crippen molar-refractivity contribution in [3.05, 3.63) is 63.9 Å². The van der Waals surface area contributed by atoms with Gasteiger partial charge in [0.1, 0.15) is 6.04 Å². The molecule has 0 saturated carbocycles. The molecule has 0 saturated heterocycles. The third-order valence-electron chi connectivity index (χ3n) is 3.00. The summed E-state index contributed by atoms with van der Waals surface area (Å²) in [5.41, 5.74) is 0.753. The predicted molar refractivity (Wildman–Crippen MR) is 83.3 cm³/mol. The molecule has 0 radical (unpaired) electrons. The molecule has 0 bridgehead atoms. The number of benzene rings is 1. The van der Waals surface area contributed by atoms with Crippen LogP contribution in [0.4, 0.5) is 0 Å². The van der Waals surface area contributed by atoms with Crippen LogP contribution in [0.2, 0.25) is 10.0 Å². The highest BCUT2D eigenvalue weighted by Gasteiger charge is 2.23. The molecule has 1 aromatic heterocycles. The predicted octanol–water partition coefficient (Wildman–Crippen LogP) is 2.81. The molecule has 0 aliphatic heterocycles. The average molecular weight is 339 g/mol. The Bertz CT molecular complexity index is 672. The number of carbonyl (C=O) groups excluding carboxylic acids is 1. The molecule has 2 rings (SSSR count). The summed E-state index contributed by atoms with van der Waals surface area (Å²) in [5.74, 6) is -1.70. The average Bonchev–Trinajstić information content (AvgIpc) is 2.50. The summed E-state index contributed by atoms with van der Waals surface area (Å²) in [6.45, 7) is 0. The van der Waals surface area contributed by atoms with Crippen LogP contribution in [0.3, 0.4) is 0 Å². The van der Waals surface area contributed by atoms with E-state index in [1.807, 2.05) is 0 Å². The zero-order valence-corrected chi connectivity index (χ0v) is 12.8. The molecule has 5 nitrogen and oxygen atoms in total. The minimum Gasteiger partial charge on any atom is -0.480 e. The lowest BCUT2D eigenvalue weighted by molar-refractivity contribution is -0.139. The van der Waals surface area contributed by atoms with Crippen LogP contribution in [-0.2, 0) is 11.2 Å². The van der Waals surface area contributed by atoms with Crippen LogP contribution in [0.5, 0.6) is 0 Å². The van der Waals surface area contributed by atoms with Crippen molar-refractivity contribution in [3.63, 3.8) is 0 Å². The third kappa shape index (κ3) is 3.96. The Morgan fingerprint density at radius 1 is 1.18 bits per heavy atom. The van der Waals surface area contributed by atoms with Gasteiger partial charge in [-0.2, -0.15) is 0 Å². The Labute approximate surface area is 136 Å². The van der Waals surface area contributed by atoms with E-state index in [9.17, 15) is 14.7 Å². The molecule has 114 valence electrons. The van der Waals surface area contributed by atoms with Gasteiger partial charge in [-0.3, -0.25) is 9.78 Å². The van der Waals surface area contributed by atoms with Crippen LogP contribution in [-0.4, -0.2) is 28.0 Å². The maximum absolute atomic E-state index is 12.0. The van der Waals surface area contributed by atoms with E-state index in [0.717, 1.165) is 0 Å². The lowest BCUT2D eigenvalue weighted by atomic mass is 10.1. The number of pyridine rings is 1. The highest BCUT2D eigenvalue weighted by Crippen LogP contribution is 2.25. The van der Waals surface area contributed by atoms with Crippen molar-refractivity contribution in [3.8, 4) is 0 Å². The van der Waals surface area contributed by atoms with E-state index in [-0.39, 0.29) is 12.0 Å². The Balaban J connectivity index is 2.18. The summed E-state index contributed by atoms with van der Waals surface area (Å²) in [4.78, 5) is 27.2. The van der Waals surface area contributed by atoms with E-state index in [4.69, 9.17) is 23.2 Å². The smallest absolute Gasteiger partial charge is 0.326 e. The zero-order chi connectivity index (χ0) is 16.1. The first-order valence-electron chi connectivity index (χ1n) is 6.35. The van der Waals surface area contributed by atoms with Crippen molar-refractivity contribution < 1.29 is 14.7 Å². The van der Waals surface area contributed by atoms with Gasteiger partial charge in [-0.15, -0.1) is 0 Å². The van der Waals surface area contributed by atoms with Gasteiger partial charge in [-0.05, 0) is 29.8 Å². The minimum absolute atomic E-state index is 0.0140. The molecule has 1 heterocycles. The standard InChI is InChI=1S/C15H12Cl2N2O3/c16-11-4-1-5-12(17)10(11)7-13(15(21)22)19-14(20)9-3-2-6-18-8-9/h1-6,8,13H,7H2,(H,19,20)(H,21,22)/t13-/m0/s1. The molecule has 0 fully saturated rings. The van der Waals surface area contributed by atoms with Gasteiger partial charge < -0.3 is 10.4 Å². The molecule has 22 heavy (non-hydrogen) atoms. The fourth-order valence-electron chi connectivity index (χ4n) is 1.87.